The van der Waals surface area contributed by atoms with Gasteiger partial charge in [-0.1, -0.05) is 19.3 Å². The first-order valence-corrected chi connectivity index (χ1v) is 12.3. The van der Waals surface area contributed by atoms with Gasteiger partial charge in [0, 0.05) is 33.9 Å². The quantitative estimate of drug-likeness (QED) is 0.483. The van der Waals surface area contributed by atoms with E-state index in [9.17, 15) is 9.59 Å². The lowest BCUT2D eigenvalue weighted by atomic mass is 9.94. The lowest BCUT2D eigenvalue weighted by molar-refractivity contribution is -0.127. The van der Waals surface area contributed by atoms with Crippen LogP contribution in [0.15, 0.2) is 33.8 Å². The molecule has 0 bridgehead atoms. The fraction of sp³-hybridized carbons (Fsp3) is 0.400. The van der Waals surface area contributed by atoms with Crippen molar-refractivity contribution in [1.82, 2.24) is 9.97 Å². The molecular formula is C20H21N3O3S3. The molecule has 0 saturated heterocycles. The first kappa shape index (κ1) is 20.2. The van der Waals surface area contributed by atoms with Crippen LogP contribution in [0.25, 0.3) is 10.6 Å². The Balaban J connectivity index is 1.46. The Morgan fingerprint density at radius 3 is 2.69 bits per heavy atom. The molecule has 3 aromatic heterocycles. The van der Waals surface area contributed by atoms with E-state index in [4.69, 9.17) is 4.74 Å². The summed E-state index contributed by atoms with van der Waals surface area (Å²) in [5, 5.41) is 8.91. The minimum Gasteiger partial charge on any atom is -0.448 e. The van der Waals surface area contributed by atoms with Crippen molar-refractivity contribution in [2.75, 3.05) is 4.90 Å². The molecule has 1 fully saturated rings. The second-order valence-electron chi connectivity index (χ2n) is 6.91. The van der Waals surface area contributed by atoms with Gasteiger partial charge in [0.05, 0.1) is 0 Å². The average Bonchev–Trinajstić information content (AvgIpc) is 3.50. The highest BCUT2D eigenvalue weighted by Crippen LogP contribution is 2.30. The topological polar surface area (TPSA) is 72.4 Å². The third kappa shape index (κ3) is 4.57. The molecule has 1 unspecified atom stereocenters. The zero-order valence-corrected chi connectivity index (χ0v) is 18.4. The van der Waals surface area contributed by atoms with E-state index in [2.05, 4.69) is 9.97 Å². The van der Waals surface area contributed by atoms with Crippen LogP contribution in [-0.2, 0) is 9.53 Å². The molecule has 1 saturated carbocycles. The maximum absolute atomic E-state index is 13.2. The number of carbonyl (C=O) groups is 2. The van der Waals surface area contributed by atoms with E-state index in [1.54, 1.807) is 34.7 Å². The Morgan fingerprint density at radius 1 is 1.17 bits per heavy atom. The summed E-state index contributed by atoms with van der Waals surface area (Å²) in [7, 11) is 0. The number of aromatic nitrogens is 2. The van der Waals surface area contributed by atoms with E-state index in [0.29, 0.717) is 5.13 Å². The summed E-state index contributed by atoms with van der Waals surface area (Å²) in [6.45, 7) is 1.62. The number of amides is 1. The van der Waals surface area contributed by atoms with Gasteiger partial charge in [0.1, 0.15) is 5.01 Å². The highest BCUT2D eigenvalue weighted by molar-refractivity contribution is 7.14. The SMILES string of the molecule is CC(OC(=O)c1csc(-c2ccsc2)n1)C(=O)N(c1nccs1)C1CCCCC1. The van der Waals surface area contributed by atoms with Crippen LogP contribution in [0.5, 0.6) is 0 Å². The van der Waals surface area contributed by atoms with Gasteiger partial charge in [-0.05, 0) is 31.2 Å². The third-order valence-corrected chi connectivity index (χ3v) is 7.26. The molecule has 6 nitrogen and oxygen atoms in total. The molecule has 4 rings (SSSR count). The number of anilines is 1. The predicted octanol–water partition coefficient (Wildman–Crippen LogP) is 5.24. The first-order chi connectivity index (χ1) is 14.1. The lowest BCUT2D eigenvalue weighted by Crippen LogP contribution is -2.47. The van der Waals surface area contributed by atoms with Crippen LogP contribution in [0, 0.1) is 0 Å². The third-order valence-electron chi connectivity index (χ3n) is 4.92. The van der Waals surface area contributed by atoms with Crippen LogP contribution in [-0.4, -0.2) is 34.0 Å². The van der Waals surface area contributed by atoms with E-state index in [-0.39, 0.29) is 17.6 Å². The summed E-state index contributed by atoms with van der Waals surface area (Å²) < 4.78 is 5.49. The van der Waals surface area contributed by atoms with Gasteiger partial charge in [-0.3, -0.25) is 9.69 Å². The Labute approximate surface area is 181 Å². The number of carbonyl (C=O) groups excluding carboxylic acids is 2. The minimum atomic E-state index is -0.903. The van der Waals surface area contributed by atoms with Gasteiger partial charge in [-0.2, -0.15) is 11.3 Å². The molecule has 9 heteroatoms. The molecule has 0 aliphatic heterocycles. The van der Waals surface area contributed by atoms with Gasteiger partial charge in [0.15, 0.2) is 16.9 Å². The molecule has 0 N–H and O–H groups in total. The second-order valence-corrected chi connectivity index (χ2v) is 9.42. The second kappa shape index (κ2) is 9.15. The summed E-state index contributed by atoms with van der Waals surface area (Å²) in [6.07, 6.45) is 6.07. The van der Waals surface area contributed by atoms with Crippen molar-refractivity contribution in [1.29, 1.82) is 0 Å². The summed E-state index contributed by atoms with van der Waals surface area (Å²) in [5.74, 6) is -0.806. The number of hydrogen-bond donors (Lipinski definition) is 0. The number of thiazole rings is 2. The largest absolute Gasteiger partial charge is 0.448 e. The Morgan fingerprint density at radius 2 is 2.00 bits per heavy atom. The van der Waals surface area contributed by atoms with Gasteiger partial charge in [0.2, 0.25) is 0 Å². The van der Waals surface area contributed by atoms with Crippen molar-refractivity contribution in [3.63, 3.8) is 0 Å². The van der Waals surface area contributed by atoms with Crippen molar-refractivity contribution in [2.24, 2.45) is 0 Å². The van der Waals surface area contributed by atoms with E-state index >= 15 is 0 Å². The fourth-order valence-electron chi connectivity index (χ4n) is 3.46. The molecule has 152 valence electrons. The molecule has 0 aromatic carbocycles. The Kier molecular flexibility index (Phi) is 6.37. The summed E-state index contributed by atoms with van der Waals surface area (Å²) in [6, 6.07) is 2.06. The van der Waals surface area contributed by atoms with Crippen molar-refractivity contribution in [3.05, 3.63) is 39.5 Å². The first-order valence-electron chi connectivity index (χ1n) is 9.55. The number of ether oxygens (including phenoxy) is 1. The molecule has 3 heterocycles. The molecule has 1 atom stereocenters. The zero-order chi connectivity index (χ0) is 20.2. The van der Waals surface area contributed by atoms with Crippen molar-refractivity contribution < 1.29 is 14.3 Å². The number of esters is 1. The smallest absolute Gasteiger partial charge is 0.358 e. The van der Waals surface area contributed by atoms with Crippen LogP contribution in [0.1, 0.15) is 49.5 Å². The van der Waals surface area contributed by atoms with Crippen LogP contribution in [0.2, 0.25) is 0 Å². The van der Waals surface area contributed by atoms with Crippen LogP contribution in [0.3, 0.4) is 0 Å². The summed E-state index contributed by atoms with van der Waals surface area (Å²) in [4.78, 5) is 36.2. The van der Waals surface area contributed by atoms with Crippen LogP contribution < -0.4 is 4.90 Å². The predicted molar refractivity (Wildman–Crippen MR) is 117 cm³/mol. The highest BCUT2D eigenvalue weighted by atomic mass is 32.1. The molecule has 1 aliphatic rings. The number of rotatable bonds is 6. The van der Waals surface area contributed by atoms with Crippen molar-refractivity contribution >= 4 is 51.0 Å². The molecule has 0 radical (unpaired) electrons. The standard InChI is InChI=1S/C20H21N3O3S3/c1-13(26-19(25)16-12-29-17(22-16)14-7-9-27-11-14)18(24)23(20-21-8-10-28-20)15-5-3-2-4-6-15/h7-13,15H,2-6H2,1H3. The number of hydrogen-bond acceptors (Lipinski definition) is 8. The summed E-state index contributed by atoms with van der Waals surface area (Å²) in [5.41, 5.74) is 1.21. The van der Waals surface area contributed by atoms with Gasteiger partial charge in [-0.25, -0.2) is 14.8 Å². The highest BCUT2D eigenvalue weighted by Gasteiger charge is 2.33. The molecule has 29 heavy (non-hydrogen) atoms. The fourth-order valence-corrected chi connectivity index (χ4v) is 5.68. The molecule has 1 aliphatic carbocycles. The Bertz CT molecular complexity index is 947. The molecule has 3 aromatic rings. The minimum absolute atomic E-state index is 0.105. The Hall–Kier alpha value is -2.10. The van der Waals surface area contributed by atoms with E-state index in [1.165, 1.54) is 29.1 Å². The van der Waals surface area contributed by atoms with Crippen molar-refractivity contribution in [3.8, 4) is 10.6 Å². The van der Waals surface area contributed by atoms with Gasteiger partial charge >= 0.3 is 5.97 Å². The monoisotopic (exact) mass is 447 g/mol. The van der Waals surface area contributed by atoms with E-state index < -0.39 is 12.1 Å². The number of nitrogens with zero attached hydrogens (tertiary/aromatic N) is 3. The molecule has 0 spiro atoms. The van der Waals surface area contributed by atoms with E-state index in [0.717, 1.165) is 36.3 Å². The average molecular weight is 448 g/mol. The maximum Gasteiger partial charge on any atom is 0.358 e. The lowest BCUT2D eigenvalue weighted by Gasteiger charge is -2.33. The summed E-state index contributed by atoms with van der Waals surface area (Å²) >= 11 is 4.40. The molecular weight excluding hydrogens is 426 g/mol. The van der Waals surface area contributed by atoms with E-state index in [1.807, 2.05) is 22.2 Å². The normalized spacial score (nSPS) is 15.8. The zero-order valence-electron chi connectivity index (χ0n) is 15.9. The maximum atomic E-state index is 13.2. The van der Waals surface area contributed by atoms with Crippen molar-refractivity contribution in [2.45, 2.75) is 51.2 Å². The van der Waals surface area contributed by atoms with Crippen LogP contribution in [0.4, 0.5) is 5.13 Å². The van der Waals surface area contributed by atoms with Crippen LogP contribution >= 0.6 is 34.0 Å². The number of thiophene rings is 1. The van der Waals surface area contributed by atoms with Gasteiger partial charge in [-0.15, -0.1) is 22.7 Å². The van der Waals surface area contributed by atoms with Gasteiger partial charge in [0.25, 0.3) is 5.91 Å². The molecule has 1 amide bonds. The van der Waals surface area contributed by atoms with Gasteiger partial charge < -0.3 is 4.74 Å².